The molecule has 0 saturated heterocycles. The summed E-state index contributed by atoms with van der Waals surface area (Å²) in [6.07, 6.45) is 1.19. The molecule has 0 atom stereocenters. The molecule has 0 heterocycles. The van der Waals surface area contributed by atoms with Crippen LogP contribution in [0.3, 0.4) is 0 Å². The van der Waals surface area contributed by atoms with E-state index in [9.17, 15) is 4.79 Å². The smallest absolute Gasteiger partial charge is 0.220 e. The monoisotopic (exact) mass is 235 g/mol. The molecular weight excluding hydrogens is 218 g/mol. The largest absolute Gasteiger partial charge is 0.355 e. The van der Waals surface area contributed by atoms with E-state index in [1.165, 1.54) is 5.56 Å². The Morgan fingerprint density at radius 1 is 1.44 bits per heavy atom. The molecule has 2 nitrogen and oxygen atoms in total. The van der Waals surface area contributed by atoms with Gasteiger partial charge >= 0.3 is 0 Å². The van der Waals surface area contributed by atoms with Gasteiger partial charge in [0.25, 0.3) is 0 Å². The third-order valence-electron chi connectivity index (χ3n) is 2.03. The Labute approximate surface area is 102 Å². The van der Waals surface area contributed by atoms with Crippen LogP contribution in [0.5, 0.6) is 0 Å². The molecule has 86 valence electrons. The van der Waals surface area contributed by atoms with Crippen molar-refractivity contribution in [3.8, 4) is 0 Å². The highest BCUT2D eigenvalue weighted by Crippen LogP contribution is 2.10. The fraction of sp³-hybridized carbons (Fsp3) is 0.385. The van der Waals surface area contributed by atoms with E-state index < -0.39 is 0 Å². The first kappa shape index (κ1) is 13.1. The van der Waals surface area contributed by atoms with Crippen LogP contribution >= 0.6 is 11.8 Å². The lowest BCUT2D eigenvalue weighted by Crippen LogP contribution is -2.25. The van der Waals surface area contributed by atoms with Gasteiger partial charge in [-0.05, 0) is 18.1 Å². The Morgan fingerprint density at radius 3 is 2.88 bits per heavy atom. The molecule has 16 heavy (non-hydrogen) atoms. The van der Waals surface area contributed by atoms with E-state index in [0.29, 0.717) is 12.8 Å². The number of rotatable bonds is 7. The summed E-state index contributed by atoms with van der Waals surface area (Å²) < 4.78 is 0. The van der Waals surface area contributed by atoms with Crippen LogP contribution in [0.2, 0.25) is 0 Å². The zero-order valence-corrected chi connectivity index (χ0v) is 10.2. The predicted octanol–water partition coefficient (Wildman–Crippen LogP) is 2.45. The number of carbonyl (C=O) groups excluding carboxylic acids is 1. The van der Waals surface area contributed by atoms with Crippen LogP contribution in [-0.2, 0) is 10.5 Å². The Bertz CT molecular complexity index is 300. The topological polar surface area (TPSA) is 29.1 Å². The summed E-state index contributed by atoms with van der Waals surface area (Å²) in [5.74, 6) is 2.03. The van der Waals surface area contributed by atoms with Crippen molar-refractivity contribution in [2.75, 3.05) is 12.3 Å². The predicted molar refractivity (Wildman–Crippen MR) is 69.0 cm³/mol. The highest BCUT2D eigenvalue weighted by molar-refractivity contribution is 7.98. The first-order valence-electron chi connectivity index (χ1n) is 5.41. The third kappa shape index (κ3) is 5.81. The molecule has 0 aliphatic heterocycles. The van der Waals surface area contributed by atoms with Gasteiger partial charge in [0.05, 0.1) is 0 Å². The van der Waals surface area contributed by atoms with E-state index in [1.54, 1.807) is 0 Å². The van der Waals surface area contributed by atoms with Crippen LogP contribution in [0.25, 0.3) is 0 Å². The second-order valence-corrected chi connectivity index (χ2v) is 4.52. The summed E-state index contributed by atoms with van der Waals surface area (Å²) in [4.78, 5) is 11.1. The Kier molecular flexibility index (Phi) is 6.74. The van der Waals surface area contributed by atoms with E-state index in [2.05, 4.69) is 30.4 Å². The minimum atomic E-state index is 0.102. The van der Waals surface area contributed by atoms with Gasteiger partial charge in [-0.2, -0.15) is 11.8 Å². The standard InChI is InChI=1S/C13H17NOS/c1-2-6-13(15)14-9-10-16-11-12-7-4-3-5-8-12/h4-5,7-8H,1-2,6,9-11H2,(H,14,15). The number of hydrogen-bond acceptors (Lipinski definition) is 2. The number of hydrogen-bond donors (Lipinski definition) is 1. The quantitative estimate of drug-likeness (QED) is 0.736. The summed E-state index contributed by atoms with van der Waals surface area (Å²) >= 11 is 1.82. The van der Waals surface area contributed by atoms with Crippen molar-refractivity contribution in [3.05, 3.63) is 42.8 Å². The molecule has 0 aliphatic rings. The summed E-state index contributed by atoms with van der Waals surface area (Å²) in [5.41, 5.74) is 1.30. The van der Waals surface area contributed by atoms with Gasteiger partial charge in [-0.25, -0.2) is 0 Å². The second kappa shape index (κ2) is 8.22. The molecule has 0 aliphatic carbocycles. The van der Waals surface area contributed by atoms with Gasteiger partial charge in [-0.3, -0.25) is 4.79 Å². The fourth-order valence-electron chi connectivity index (χ4n) is 1.22. The minimum Gasteiger partial charge on any atom is -0.355 e. The Balaban J connectivity index is 2.02. The molecule has 1 rings (SSSR count). The molecule has 0 saturated carbocycles. The zero-order chi connectivity index (χ0) is 11.6. The molecular formula is C13H17NOS. The molecule has 3 heteroatoms. The molecule has 0 fully saturated rings. The molecule has 1 aromatic carbocycles. The number of thioether (sulfide) groups is 1. The molecule has 0 aromatic heterocycles. The van der Waals surface area contributed by atoms with E-state index in [0.717, 1.165) is 18.1 Å². The third-order valence-corrected chi connectivity index (χ3v) is 3.06. The SMILES string of the molecule is [CH2]CCC(=O)NCCSCc1cc[c]cc1. The van der Waals surface area contributed by atoms with Gasteiger partial charge in [-0.1, -0.05) is 31.2 Å². The minimum absolute atomic E-state index is 0.102. The van der Waals surface area contributed by atoms with Crippen LogP contribution in [0, 0.1) is 13.0 Å². The first-order valence-corrected chi connectivity index (χ1v) is 6.57. The van der Waals surface area contributed by atoms with Gasteiger partial charge in [-0.15, -0.1) is 0 Å². The van der Waals surface area contributed by atoms with Crippen molar-refractivity contribution in [2.45, 2.75) is 18.6 Å². The van der Waals surface area contributed by atoms with Crippen LogP contribution in [0.4, 0.5) is 0 Å². The molecule has 0 bridgehead atoms. The Morgan fingerprint density at radius 2 is 2.19 bits per heavy atom. The summed E-state index contributed by atoms with van der Waals surface area (Å²) in [7, 11) is 0. The molecule has 1 N–H and O–H groups in total. The number of benzene rings is 1. The number of amides is 1. The van der Waals surface area contributed by atoms with Gasteiger partial charge < -0.3 is 5.32 Å². The average molecular weight is 235 g/mol. The van der Waals surface area contributed by atoms with E-state index in [4.69, 9.17) is 0 Å². The molecule has 0 spiro atoms. The summed E-state index contributed by atoms with van der Waals surface area (Å²) in [6, 6.07) is 11.0. The normalized spacial score (nSPS) is 10.1. The van der Waals surface area contributed by atoms with Crippen molar-refractivity contribution in [3.63, 3.8) is 0 Å². The van der Waals surface area contributed by atoms with Crippen molar-refractivity contribution >= 4 is 17.7 Å². The first-order chi connectivity index (χ1) is 7.83. The van der Waals surface area contributed by atoms with Gasteiger partial charge in [0.15, 0.2) is 0 Å². The van der Waals surface area contributed by atoms with E-state index in [1.807, 2.05) is 23.9 Å². The van der Waals surface area contributed by atoms with Gasteiger partial charge in [0, 0.05) is 24.5 Å². The fourth-order valence-corrected chi connectivity index (χ4v) is 2.04. The van der Waals surface area contributed by atoms with Crippen LogP contribution in [-0.4, -0.2) is 18.2 Å². The molecule has 2 radical (unpaired) electrons. The lowest BCUT2D eigenvalue weighted by atomic mass is 10.2. The maximum absolute atomic E-state index is 11.1. The van der Waals surface area contributed by atoms with Crippen LogP contribution < -0.4 is 5.32 Å². The second-order valence-electron chi connectivity index (χ2n) is 3.41. The average Bonchev–Trinajstić information content (AvgIpc) is 2.30. The van der Waals surface area contributed by atoms with Crippen molar-refractivity contribution in [1.29, 1.82) is 0 Å². The maximum atomic E-state index is 11.1. The molecule has 0 unspecified atom stereocenters. The van der Waals surface area contributed by atoms with Crippen molar-refractivity contribution < 1.29 is 4.79 Å². The van der Waals surface area contributed by atoms with Crippen molar-refractivity contribution in [1.82, 2.24) is 5.32 Å². The number of nitrogens with one attached hydrogen (secondary N) is 1. The molecule has 1 amide bonds. The highest BCUT2D eigenvalue weighted by Gasteiger charge is 1.97. The highest BCUT2D eigenvalue weighted by atomic mass is 32.2. The van der Waals surface area contributed by atoms with Gasteiger partial charge in [0.2, 0.25) is 5.91 Å². The van der Waals surface area contributed by atoms with E-state index in [-0.39, 0.29) is 5.91 Å². The van der Waals surface area contributed by atoms with Crippen LogP contribution in [0.15, 0.2) is 24.3 Å². The van der Waals surface area contributed by atoms with Crippen LogP contribution in [0.1, 0.15) is 18.4 Å². The van der Waals surface area contributed by atoms with Gasteiger partial charge in [0.1, 0.15) is 0 Å². The van der Waals surface area contributed by atoms with E-state index >= 15 is 0 Å². The zero-order valence-electron chi connectivity index (χ0n) is 9.37. The summed E-state index contributed by atoms with van der Waals surface area (Å²) in [6.45, 7) is 4.38. The lowest BCUT2D eigenvalue weighted by Gasteiger charge is -2.04. The van der Waals surface area contributed by atoms with Crippen molar-refractivity contribution in [2.24, 2.45) is 0 Å². The summed E-state index contributed by atoms with van der Waals surface area (Å²) in [5, 5.41) is 2.86. The lowest BCUT2D eigenvalue weighted by molar-refractivity contribution is -0.120. The molecule has 1 aromatic rings. The number of carbonyl (C=O) groups is 1. The maximum Gasteiger partial charge on any atom is 0.220 e. The Hall–Kier alpha value is -0.960.